The second-order valence-electron chi connectivity index (χ2n) is 4.89. The highest BCUT2D eigenvalue weighted by atomic mass is 16.5. The van der Waals surface area contributed by atoms with Gasteiger partial charge in [-0.15, -0.1) is 0 Å². The van der Waals surface area contributed by atoms with E-state index in [1.54, 1.807) is 24.3 Å². The molecule has 0 saturated heterocycles. The van der Waals surface area contributed by atoms with Crippen molar-refractivity contribution in [3.63, 3.8) is 0 Å². The summed E-state index contributed by atoms with van der Waals surface area (Å²) < 4.78 is 4.68. The number of hydrazone groups is 1. The van der Waals surface area contributed by atoms with Gasteiger partial charge in [-0.1, -0.05) is 12.1 Å². The van der Waals surface area contributed by atoms with Gasteiger partial charge in [0, 0.05) is 12.6 Å². The molecule has 1 N–H and O–H groups in total. The number of nitrogens with one attached hydrogen (secondary N) is 1. The highest BCUT2D eigenvalue weighted by molar-refractivity contribution is 6.50. The van der Waals surface area contributed by atoms with E-state index in [1.807, 2.05) is 0 Å². The number of imide groups is 1. The Morgan fingerprint density at radius 2 is 1.96 bits per heavy atom. The van der Waals surface area contributed by atoms with E-state index in [-0.39, 0.29) is 22.4 Å². The zero-order chi connectivity index (χ0) is 17.9. The SMILES string of the molecule is COC(=O)c1ccccc1N/N=C1\C(=O)N(C)C(=O)C(C#N)=C1C. The van der Waals surface area contributed by atoms with Gasteiger partial charge in [0.1, 0.15) is 11.6 Å². The van der Waals surface area contributed by atoms with E-state index < -0.39 is 17.8 Å². The molecule has 0 radical (unpaired) electrons. The Morgan fingerprint density at radius 1 is 1.29 bits per heavy atom. The normalized spacial score (nSPS) is 16.2. The van der Waals surface area contributed by atoms with Crippen LogP contribution in [0.25, 0.3) is 0 Å². The number of para-hydroxylation sites is 1. The van der Waals surface area contributed by atoms with Crippen LogP contribution >= 0.6 is 0 Å². The van der Waals surface area contributed by atoms with Crippen LogP contribution in [0.4, 0.5) is 5.69 Å². The van der Waals surface area contributed by atoms with Crippen molar-refractivity contribution in [2.45, 2.75) is 6.92 Å². The smallest absolute Gasteiger partial charge is 0.340 e. The molecule has 1 aliphatic heterocycles. The number of hydrogen-bond donors (Lipinski definition) is 1. The van der Waals surface area contributed by atoms with Crippen LogP contribution in [0.5, 0.6) is 0 Å². The quantitative estimate of drug-likeness (QED) is 0.505. The number of methoxy groups -OCH3 is 1. The molecule has 122 valence electrons. The van der Waals surface area contributed by atoms with Crippen LogP contribution in [0.15, 0.2) is 40.5 Å². The average molecular weight is 326 g/mol. The van der Waals surface area contributed by atoms with Crippen LogP contribution in [0.1, 0.15) is 17.3 Å². The maximum atomic E-state index is 12.2. The first-order valence-corrected chi connectivity index (χ1v) is 6.87. The molecule has 1 aromatic carbocycles. The first-order chi connectivity index (χ1) is 11.4. The molecular formula is C16H14N4O4. The predicted octanol–water partition coefficient (Wildman–Crippen LogP) is 1.08. The summed E-state index contributed by atoms with van der Waals surface area (Å²) in [5.74, 6) is -1.88. The molecule has 0 spiro atoms. The summed E-state index contributed by atoms with van der Waals surface area (Å²) in [5, 5.41) is 13.1. The number of hydrogen-bond acceptors (Lipinski definition) is 7. The summed E-state index contributed by atoms with van der Waals surface area (Å²) in [6.07, 6.45) is 0. The van der Waals surface area contributed by atoms with Crippen molar-refractivity contribution >= 4 is 29.2 Å². The van der Waals surface area contributed by atoms with Gasteiger partial charge >= 0.3 is 5.97 Å². The minimum Gasteiger partial charge on any atom is -0.465 e. The topological polar surface area (TPSA) is 112 Å². The molecule has 0 bridgehead atoms. The molecule has 8 heteroatoms. The molecule has 0 unspecified atom stereocenters. The van der Waals surface area contributed by atoms with E-state index in [9.17, 15) is 14.4 Å². The number of rotatable bonds is 3. The van der Waals surface area contributed by atoms with Crippen molar-refractivity contribution in [1.82, 2.24) is 4.90 Å². The van der Waals surface area contributed by atoms with E-state index in [0.29, 0.717) is 5.69 Å². The monoisotopic (exact) mass is 326 g/mol. The van der Waals surface area contributed by atoms with Crippen LogP contribution in [0.3, 0.4) is 0 Å². The Kier molecular flexibility index (Phi) is 4.75. The van der Waals surface area contributed by atoms with Gasteiger partial charge in [-0.3, -0.25) is 19.9 Å². The zero-order valence-corrected chi connectivity index (χ0v) is 13.3. The molecule has 0 atom stereocenters. The first-order valence-electron chi connectivity index (χ1n) is 6.87. The van der Waals surface area contributed by atoms with Gasteiger partial charge in [0.15, 0.2) is 5.71 Å². The van der Waals surface area contributed by atoms with Gasteiger partial charge < -0.3 is 4.74 Å². The standard InChI is InChI=1S/C16H14N4O4/c1-9-11(8-17)14(21)20(2)15(22)13(9)19-18-12-7-5-4-6-10(12)16(23)24-3/h4-7,18H,1-3H3/b19-13-. The number of amides is 2. The molecule has 1 aromatic rings. The number of carbonyl (C=O) groups is 3. The second kappa shape index (κ2) is 6.75. The molecule has 1 aliphatic rings. The molecule has 0 saturated carbocycles. The highest BCUT2D eigenvalue weighted by Gasteiger charge is 2.34. The second-order valence-corrected chi connectivity index (χ2v) is 4.89. The number of esters is 1. The van der Waals surface area contributed by atoms with Gasteiger partial charge in [-0.2, -0.15) is 10.4 Å². The lowest BCUT2D eigenvalue weighted by molar-refractivity contribution is -0.136. The number of anilines is 1. The third-order valence-corrected chi connectivity index (χ3v) is 3.49. The van der Waals surface area contributed by atoms with Crippen molar-refractivity contribution in [3.8, 4) is 6.07 Å². The van der Waals surface area contributed by atoms with Crippen LogP contribution in [-0.4, -0.2) is 42.6 Å². The van der Waals surface area contributed by atoms with Gasteiger partial charge in [-0.25, -0.2) is 4.79 Å². The molecule has 1 heterocycles. The fourth-order valence-electron chi connectivity index (χ4n) is 2.11. The molecule has 0 aliphatic carbocycles. The lowest BCUT2D eigenvalue weighted by Gasteiger charge is -2.22. The minimum absolute atomic E-state index is 0.0756. The fraction of sp³-hybridized carbons (Fsp3) is 0.188. The Morgan fingerprint density at radius 3 is 2.58 bits per heavy atom. The molecule has 24 heavy (non-hydrogen) atoms. The summed E-state index contributed by atoms with van der Waals surface area (Å²) in [6, 6.07) is 8.23. The van der Waals surface area contributed by atoms with Crippen molar-refractivity contribution < 1.29 is 19.1 Å². The van der Waals surface area contributed by atoms with Gasteiger partial charge in [0.2, 0.25) is 0 Å². The lowest BCUT2D eigenvalue weighted by Crippen LogP contribution is -2.44. The summed E-state index contributed by atoms with van der Waals surface area (Å²) in [4.78, 5) is 36.6. The van der Waals surface area contributed by atoms with Crippen LogP contribution in [0, 0.1) is 11.3 Å². The molecule has 2 rings (SSSR count). The van der Waals surface area contributed by atoms with Crippen molar-refractivity contribution in [2.75, 3.05) is 19.6 Å². The Bertz CT molecular complexity index is 833. The number of benzene rings is 1. The maximum absolute atomic E-state index is 12.2. The Labute approximate surface area is 138 Å². The Hall–Kier alpha value is -3.47. The minimum atomic E-state index is -0.672. The van der Waals surface area contributed by atoms with E-state index in [2.05, 4.69) is 15.3 Å². The van der Waals surface area contributed by atoms with Crippen molar-refractivity contribution in [2.24, 2.45) is 5.10 Å². The van der Waals surface area contributed by atoms with Crippen LogP contribution in [0.2, 0.25) is 0 Å². The van der Waals surface area contributed by atoms with Gasteiger partial charge in [-0.05, 0) is 19.1 Å². The third kappa shape index (κ3) is 2.87. The van der Waals surface area contributed by atoms with E-state index in [1.165, 1.54) is 27.1 Å². The maximum Gasteiger partial charge on any atom is 0.340 e. The number of ether oxygens (including phenoxy) is 1. The average Bonchev–Trinajstić information content (AvgIpc) is 2.60. The number of likely N-dealkylation sites (N-methyl/N-ethyl adjacent to an activating group) is 1. The summed E-state index contributed by atoms with van der Waals surface area (Å²) in [5.41, 5.74) is 3.13. The first kappa shape index (κ1) is 16.9. The predicted molar refractivity (Wildman–Crippen MR) is 84.9 cm³/mol. The zero-order valence-electron chi connectivity index (χ0n) is 13.3. The fourth-order valence-corrected chi connectivity index (χ4v) is 2.11. The van der Waals surface area contributed by atoms with Crippen molar-refractivity contribution in [3.05, 3.63) is 41.0 Å². The molecule has 8 nitrogen and oxygen atoms in total. The largest absolute Gasteiger partial charge is 0.465 e. The highest BCUT2D eigenvalue weighted by Crippen LogP contribution is 2.19. The van der Waals surface area contributed by atoms with E-state index >= 15 is 0 Å². The number of nitriles is 1. The Balaban J connectivity index is 2.44. The third-order valence-electron chi connectivity index (χ3n) is 3.49. The summed E-state index contributed by atoms with van der Waals surface area (Å²) in [7, 11) is 2.52. The van der Waals surface area contributed by atoms with E-state index in [0.717, 1.165) is 4.90 Å². The van der Waals surface area contributed by atoms with E-state index in [4.69, 9.17) is 5.26 Å². The summed E-state index contributed by atoms with van der Waals surface area (Å²) in [6.45, 7) is 1.47. The van der Waals surface area contributed by atoms with Crippen LogP contribution in [-0.2, 0) is 14.3 Å². The van der Waals surface area contributed by atoms with Crippen LogP contribution < -0.4 is 5.43 Å². The van der Waals surface area contributed by atoms with Gasteiger partial charge in [0.25, 0.3) is 11.8 Å². The molecule has 0 fully saturated rings. The molecule has 2 amide bonds. The number of nitrogens with zero attached hydrogens (tertiary/aromatic N) is 3. The lowest BCUT2D eigenvalue weighted by atomic mass is 10.00. The van der Waals surface area contributed by atoms with Gasteiger partial charge in [0.05, 0.1) is 18.4 Å². The molecule has 0 aromatic heterocycles. The number of carbonyl (C=O) groups excluding carboxylic acids is 3. The molecular weight excluding hydrogens is 312 g/mol. The van der Waals surface area contributed by atoms with Crippen molar-refractivity contribution in [1.29, 1.82) is 5.26 Å². The summed E-state index contributed by atoms with van der Waals surface area (Å²) >= 11 is 0.